The number of β-lactam (4-membered cyclic amide) rings is 1. The Labute approximate surface area is 199 Å². The summed E-state index contributed by atoms with van der Waals surface area (Å²) in [6.45, 7) is 1.79. The van der Waals surface area contributed by atoms with Crippen LogP contribution in [-0.4, -0.2) is 54.7 Å². The normalized spacial score (nSPS) is 21.0. The third-order valence-electron chi connectivity index (χ3n) is 7.12. The largest absolute Gasteiger partial charge is 0.477 e. The molecule has 10 nitrogen and oxygen atoms in total. The number of fused-ring (bicyclic) bond motifs is 4. The monoisotopic (exact) mass is 472 g/mol. The second-order valence-corrected chi connectivity index (χ2v) is 9.20. The first-order valence-corrected chi connectivity index (χ1v) is 11.2. The minimum Gasteiger partial charge on any atom is -0.477 e. The van der Waals surface area contributed by atoms with Gasteiger partial charge in [-0.05, 0) is 47.7 Å². The number of carbonyl (C=O) groups is 3. The number of amides is 1. The fraction of sp³-hybridized carbons (Fsp3) is 0.240. The number of rotatable bonds is 5. The maximum atomic E-state index is 13.3. The van der Waals surface area contributed by atoms with E-state index in [1.165, 1.54) is 15.9 Å². The Morgan fingerprint density at radius 2 is 1.97 bits per heavy atom. The summed E-state index contributed by atoms with van der Waals surface area (Å²) in [5, 5.41) is 24.3. The zero-order valence-corrected chi connectivity index (χ0v) is 18.8. The third kappa shape index (κ3) is 2.96. The number of aliphatic hydroxyl groups is 1. The van der Waals surface area contributed by atoms with Gasteiger partial charge in [0.1, 0.15) is 12.2 Å². The first-order chi connectivity index (χ1) is 16.8. The number of benzene rings is 2. The molecule has 35 heavy (non-hydrogen) atoms. The molecule has 2 aliphatic heterocycles. The minimum atomic E-state index is -1.20. The third-order valence-corrected chi connectivity index (χ3v) is 7.12. The van der Waals surface area contributed by atoms with Crippen molar-refractivity contribution in [1.29, 1.82) is 0 Å². The molecular formula is C25H22N5O5+. The second-order valence-electron chi connectivity index (χ2n) is 9.20. The average Bonchev–Trinajstić information content (AvgIpc) is 3.46. The molecule has 3 aromatic rings. The highest BCUT2D eigenvalue weighted by Gasteiger charge is 2.56. The highest BCUT2D eigenvalue weighted by molar-refractivity contribution is 6.23. The number of carboxylic acid groups (broad SMARTS) is 1. The van der Waals surface area contributed by atoms with Crippen LogP contribution in [0.4, 0.5) is 0 Å². The number of ketones is 1. The standard InChI is InChI=1S/C25H21N5O5/c1-12(31)20-19-8-17(22(25(34)35)30(19)24(20)33)13-6-14(9-29-11-28(26)10-27-29)21-18(7-13)15-4-2-3-5-16(15)23(21)32/h2-7,10-12,19-20,31H,8-9,26H2,1H3/p+1/t12-,19-,20-/m1/s1. The number of hydrogen-bond acceptors (Lipinski definition) is 6. The van der Waals surface area contributed by atoms with Crippen molar-refractivity contribution in [3.05, 3.63) is 77.0 Å². The molecule has 2 aromatic carbocycles. The summed E-state index contributed by atoms with van der Waals surface area (Å²) in [4.78, 5) is 39.6. The number of carboxylic acids is 1. The van der Waals surface area contributed by atoms with Gasteiger partial charge in [-0.3, -0.25) is 15.4 Å². The van der Waals surface area contributed by atoms with Gasteiger partial charge in [-0.15, -0.1) is 9.36 Å². The van der Waals surface area contributed by atoms with Gasteiger partial charge in [0.05, 0.1) is 18.1 Å². The molecule has 1 fully saturated rings. The lowest BCUT2D eigenvalue weighted by Gasteiger charge is -2.44. The number of aliphatic hydroxyl groups excluding tert-OH is 1. The molecule has 0 bridgehead atoms. The molecule has 0 unspecified atom stereocenters. The van der Waals surface area contributed by atoms with Crippen LogP contribution in [0.3, 0.4) is 0 Å². The van der Waals surface area contributed by atoms with Crippen LogP contribution in [-0.2, 0) is 16.1 Å². The lowest BCUT2D eigenvalue weighted by Crippen LogP contribution is -2.61. The van der Waals surface area contributed by atoms with Crippen LogP contribution in [0.25, 0.3) is 16.7 Å². The number of nitrogen functional groups attached to an aromatic ring is 1. The highest BCUT2D eigenvalue weighted by atomic mass is 16.4. The summed E-state index contributed by atoms with van der Waals surface area (Å²) < 4.78 is 2.90. The van der Waals surface area contributed by atoms with Crippen LogP contribution in [0.5, 0.6) is 0 Å². The van der Waals surface area contributed by atoms with Crippen molar-refractivity contribution >= 4 is 23.2 Å². The molecule has 176 valence electrons. The molecule has 0 radical (unpaired) electrons. The maximum Gasteiger partial charge on any atom is 0.352 e. The van der Waals surface area contributed by atoms with Crippen molar-refractivity contribution in [2.75, 3.05) is 5.84 Å². The molecule has 0 saturated carbocycles. The molecule has 6 rings (SSSR count). The van der Waals surface area contributed by atoms with Gasteiger partial charge in [-0.2, -0.15) is 0 Å². The average molecular weight is 472 g/mol. The predicted molar refractivity (Wildman–Crippen MR) is 122 cm³/mol. The van der Waals surface area contributed by atoms with Gasteiger partial charge in [-0.1, -0.05) is 24.3 Å². The quantitative estimate of drug-likeness (QED) is 0.219. The van der Waals surface area contributed by atoms with Crippen molar-refractivity contribution in [3.63, 3.8) is 0 Å². The van der Waals surface area contributed by atoms with Crippen LogP contribution in [0.1, 0.15) is 40.4 Å². The van der Waals surface area contributed by atoms with Gasteiger partial charge in [0.2, 0.25) is 12.2 Å². The van der Waals surface area contributed by atoms with E-state index in [1.807, 2.05) is 24.3 Å². The van der Waals surface area contributed by atoms with Crippen LogP contribution in [0, 0.1) is 5.92 Å². The zero-order chi connectivity index (χ0) is 24.6. The van der Waals surface area contributed by atoms with Gasteiger partial charge in [-0.25, -0.2) is 4.79 Å². The molecule has 0 spiro atoms. The van der Waals surface area contributed by atoms with Gasteiger partial charge in [0.15, 0.2) is 5.78 Å². The van der Waals surface area contributed by atoms with Crippen molar-refractivity contribution in [2.45, 2.75) is 32.0 Å². The molecule has 10 heteroatoms. The summed E-state index contributed by atoms with van der Waals surface area (Å²) in [6, 6.07) is 10.5. The molecular weight excluding hydrogens is 450 g/mol. The molecule has 3 heterocycles. The summed E-state index contributed by atoms with van der Waals surface area (Å²) in [5.41, 5.74) is 4.37. The van der Waals surface area contributed by atoms with E-state index in [0.29, 0.717) is 34.2 Å². The zero-order valence-electron chi connectivity index (χ0n) is 18.8. The van der Waals surface area contributed by atoms with E-state index in [9.17, 15) is 24.6 Å². The van der Waals surface area contributed by atoms with Gasteiger partial charge < -0.3 is 15.1 Å². The number of nitrogens with two attached hydrogens (primary N) is 1. The van der Waals surface area contributed by atoms with Crippen molar-refractivity contribution in [2.24, 2.45) is 5.92 Å². The van der Waals surface area contributed by atoms with E-state index in [4.69, 9.17) is 5.84 Å². The van der Waals surface area contributed by atoms with E-state index in [-0.39, 0.29) is 23.9 Å². The number of carbonyl (C=O) groups excluding carboxylic acids is 2. The van der Waals surface area contributed by atoms with Crippen LogP contribution in [0.15, 0.2) is 54.7 Å². The van der Waals surface area contributed by atoms with Crippen molar-refractivity contribution in [1.82, 2.24) is 14.7 Å². The first-order valence-electron chi connectivity index (χ1n) is 11.2. The summed E-state index contributed by atoms with van der Waals surface area (Å²) in [7, 11) is 0. The number of aliphatic carboxylic acids is 1. The second kappa shape index (κ2) is 7.34. The predicted octanol–water partition coefficient (Wildman–Crippen LogP) is 0.551. The van der Waals surface area contributed by atoms with Gasteiger partial charge in [0, 0.05) is 21.8 Å². The minimum absolute atomic E-state index is 0.0701. The number of hydrogen-bond donors (Lipinski definition) is 3. The van der Waals surface area contributed by atoms with E-state index < -0.39 is 24.0 Å². The topological polar surface area (TPSA) is 143 Å². The van der Waals surface area contributed by atoms with Crippen LogP contribution >= 0.6 is 0 Å². The maximum absolute atomic E-state index is 13.3. The molecule has 3 aliphatic rings. The van der Waals surface area contributed by atoms with E-state index in [1.54, 1.807) is 30.1 Å². The summed E-state index contributed by atoms with van der Waals surface area (Å²) >= 11 is 0. The summed E-state index contributed by atoms with van der Waals surface area (Å²) in [5.74, 6) is 3.42. The van der Waals surface area contributed by atoms with Crippen molar-refractivity contribution < 1.29 is 29.3 Å². The lowest BCUT2D eigenvalue weighted by molar-refractivity contribution is -0.639. The Balaban J connectivity index is 1.54. The van der Waals surface area contributed by atoms with Crippen LogP contribution in [0.2, 0.25) is 0 Å². The number of nitrogens with zero attached hydrogens (tertiary/aromatic N) is 4. The first kappa shape index (κ1) is 21.2. The Morgan fingerprint density at radius 1 is 1.23 bits per heavy atom. The van der Waals surface area contributed by atoms with Crippen LogP contribution < -0.4 is 10.5 Å². The fourth-order valence-corrected chi connectivity index (χ4v) is 5.66. The molecule has 1 aliphatic carbocycles. The van der Waals surface area contributed by atoms with E-state index >= 15 is 0 Å². The van der Waals surface area contributed by atoms with Gasteiger partial charge in [0.25, 0.3) is 6.33 Å². The Bertz CT molecular complexity index is 1490. The number of aromatic nitrogens is 3. The smallest absolute Gasteiger partial charge is 0.352 e. The Morgan fingerprint density at radius 3 is 2.63 bits per heavy atom. The Kier molecular flexibility index (Phi) is 4.46. The Hall–Kier alpha value is -4.31. The highest BCUT2D eigenvalue weighted by Crippen LogP contribution is 2.48. The molecule has 3 atom stereocenters. The summed E-state index contributed by atoms with van der Waals surface area (Å²) in [6.07, 6.45) is 2.46. The van der Waals surface area contributed by atoms with E-state index in [0.717, 1.165) is 11.1 Å². The van der Waals surface area contributed by atoms with Gasteiger partial charge >= 0.3 is 5.97 Å². The van der Waals surface area contributed by atoms with Crippen molar-refractivity contribution in [3.8, 4) is 11.1 Å². The molecule has 1 aromatic heterocycles. The van der Waals surface area contributed by atoms with E-state index in [2.05, 4.69) is 5.10 Å². The SMILES string of the molecule is C[C@@H](O)[C@H]1C(=O)N2C(C(=O)O)=C(c3cc(Cn4c[n+](N)cn4)c4c(c3)-c3ccccc3C4=O)C[C@H]12. The lowest BCUT2D eigenvalue weighted by atomic mass is 9.82. The molecule has 1 saturated heterocycles. The molecule has 4 N–H and O–H groups in total. The molecule has 1 amide bonds. The fourth-order valence-electron chi connectivity index (χ4n) is 5.66.